The van der Waals surface area contributed by atoms with Crippen LogP contribution in [-0.2, 0) is 9.59 Å². The number of hydrogen-bond donors (Lipinski definition) is 0. The van der Waals surface area contributed by atoms with E-state index < -0.39 is 0 Å². The molecule has 0 aliphatic heterocycles. The van der Waals surface area contributed by atoms with E-state index in [9.17, 15) is 9.59 Å². The third kappa shape index (κ3) is 4.54. The first-order valence-electron chi connectivity index (χ1n) is 5.74. The topological polar surface area (TPSA) is 34.1 Å². The second kappa shape index (κ2) is 7.72. The molecule has 0 radical (unpaired) electrons. The average Bonchev–Trinajstić information content (AvgIpc) is 2.19. The molecule has 0 atom stereocenters. The van der Waals surface area contributed by atoms with Crippen LogP contribution < -0.4 is 0 Å². The Morgan fingerprint density at radius 3 is 2.00 bits per heavy atom. The monoisotopic (exact) mass is 198 g/mol. The maximum absolute atomic E-state index is 11.5. The van der Waals surface area contributed by atoms with Crippen molar-refractivity contribution in [1.29, 1.82) is 0 Å². The van der Waals surface area contributed by atoms with Crippen molar-refractivity contribution in [3.8, 4) is 0 Å². The standard InChI is InChI=1S/C12H22O2/c1-4-7-8-9-11(13)12(14)10(5-2)6-3/h10H,4-9H2,1-3H3. The fourth-order valence-electron chi connectivity index (χ4n) is 1.55. The second-order valence-electron chi connectivity index (χ2n) is 3.76. The van der Waals surface area contributed by atoms with E-state index in [1.165, 1.54) is 0 Å². The summed E-state index contributed by atoms with van der Waals surface area (Å²) >= 11 is 0. The van der Waals surface area contributed by atoms with Crippen LogP contribution in [0.1, 0.15) is 59.3 Å². The fourth-order valence-corrected chi connectivity index (χ4v) is 1.55. The van der Waals surface area contributed by atoms with E-state index in [1.807, 2.05) is 13.8 Å². The van der Waals surface area contributed by atoms with Crippen molar-refractivity contribution in [2.45, 2.75) is 59.3 Å². The van der Waals surface area contributed by atoms with Crippen molar-refractivity contribution in [1.82, 2.24) is 0 Å². The number of Topliss-reactive ketones (excluding diaryl/α,β-unsaturated/α-hetero) is 2. The molecular weight excluding hydrogens is 176 g/mol. The van der Waals surface area contributed by atoms with Gasteiger partial charge in [-0.3, -0.25) is 9.59 Å². The summed E-state index contributed by atoms with van der Waals surface area (Å²) in [6, 6.07) is 0. The number of unbranched alkanes of at least 4 members (excludes halogenated alkanes) is 2. The molecule has 82 valence electrons. The molecule has 0 aromatic rings. The number of ketones is 2. The lowest BCUT2D eigenvalue weighted by molar-refractivity contribution is -0.139. The van der Waals surface area contributed by atoms with Gasteiger partial charge in [0.15, 0.2) is 5.78 Å². The molecule has 0 heterocycles. The molecule has 2 heteroatoms. The molecule has 0 bridgehead atoms. The average molecular weight is 198 g/mol. The van der Waals surface area contributed by atoms with Gasteiger partial charge in [0.05, 0.1) is 0 Å². The van der Waals surface area contributed by atoms with E-state index in [2.05, 4.69) is 6.92 Å². The van der Waals surface area contributed by atoms with Crippen LogP contribution in [0.4, 0.5) is 0 Å². The lowest BCUT2D eigenvalue weighted by Crippen LogP contribution is -2.22. The van der Waals surface area contributed by atoms with Crippen LogP contribution in [0.2, 0.25) is 0 Å². The molecule has 0 aliphatic rings. The molecule has 0 saturated heterocycles. The van der Waals surface area contributed by atoms with Crippen molar-refractivity contribution < 1.29 is 9.59 Å². The van der Waals surface area contributed by atoms with Crippen molar-refractivity contribution >= 4 is 11.6 Å². The van der Waals surface area contributed by atoms with Gasteiger partial charge in [-0.15, -0.1) is 0 Å². The molecule has 0 unspecified atom stereocenters. The van der Waals surface area contributed by atoms with E-state index in [0.717, 1.165) is 32.1 Å². The Morgan fingerprint density at radius 2 is 1.57 bits per heavy atom. The van der Waals surface area contributed by atoms with Crippen LogP contribution in [0, 0.1) is 5.92 Å². The largest absolute Gasteiger partial charge is 0.291 e. The summed E-state index contributed by atoms with van der Waals surface area (Å²) in [4.78, 5) is 23.0. The van der Waals surface area contributed by atoms with Gasteiger partial charge in [0, 0.05) is 12.3 Å². The number of carbonyl (C=O) groups excluding carboxylic acids is 2. The smallest absolute Gasteiger partial charge is 0.201 e. The molecule has 2 nitrogen and oxygen atoms in total. The predicted octanol–water partition coefficient (Wildman–Crippen LogP) is 3.14. The van der Waals surface area contributed by atoms with Crippen LogP contribution in [-0.4, -0.2) is 11.6 Å². The Bertz CT molecular complexity index is 181. The van der Waals surface area contributed by atoms with Gasteiger partial charge < -0.3 is 0 Å². The molecule has 0 fully saturated rings. The highest BCUT2D eigenvalue weighted by molar-refractivity contribution is 6.37. The molecule has 0 rings (SSSR count). The van der Waals surface area contributed by atoms with Crippen LogP contribution in [0.3, 0.4) is 0 Å². The molecule has 14 heavy (non-hydrogen) atoms. The Kier molecular flexibility index (Phi) is 7.35. The van der Waals surface area contributed by atoms with E-state index in [-0.39, 0.29) is 17.5 Å². The molecule has 0 saturated carbocycles. The quantitative estimate of drug-likeness (QED) is 0.443. The minimum Gasteiger partial charge on any atom is -0.291 e. The highest BCUT2D eigenvalue weighted by atomic mass is 16.2. The normalized spacial score (nSPS) is 10.6. The SMILES string of the molecule is CCCCCC(=O)C(=O)C(CC)CC. The second-order valence-corrected chi connectivity index (χ2v) is 3.76. The summed E-state index contributed by atoms with van der Waals surface area (Å²) in [5.41, 5.74) is 0. The molecule has 0 spiro atoms. The van der Waals surface area contributed by atoms with Crippen LogP contribution in [0.15, 0.2) is 0 Å². The predicted molar refractivity (Wildman–Crippen MR) is 58.2 cm³/mol. The Morgan fingerprint density at radius 1 is 1.00 bits per heavy atom. The first kappa shape index (κ1) is 13.3. The number of carbonyl (C=O) groups is 2. The fraction of sp³-hybridized carbons (Fsp3) is 0.833. The van der Waals surface area contributed by atoms with Crippen molar-refractivity contribution in [2.24, 2.45) is 5.92 Å². The van der Waals surface area contributed by atoms with E-state index in [0.29, 0.717) is 6.42 Å². The highest BCUT2D eigenvalue weighted by Crippen LogP contribution is 2.11. The van der Waals surface area contributed by atoms with Gasteiger partial charge in [-0.25, -0.2) is 0 Å². The highest BCUT2D eigenvalue weighted by Gasteiger charge is 2.20. The molecule has 0 amide bonds. The Hall–Kier alpha value is -0.660. The number of hydrogen-bond acceptors (Lipinski definition) is 2. The summed E-state index contributed by atoms with van der Waals surface area (Å²) in [6.07, 6.45) is 5.02. The zero-order valence-corrected chi connectivity index (χ0v) is 9.64. The van der Waals surface area contributed by atoms with E-state index in [4.69, 9.17) is 0 Å². The molecular formula is C12H22O2. The summed E-state index contributed by atoms with van der Waals surface area (Å²) in [7, 11) is 0. The van der Waals surface area contributed by atoms with Crippen molar-refractivity contribution in [3.63, 3.8) is 0 Å². The van der Waals surface area contributed by atoms with Crippen LogP contribution >= 0.6 is 0 Å². The van der Waals surface area contributed by atoms with Crippen LogP contribution in [0.25, 0.3) is 0 Å². The first-order valence-corrected chi connectivity index (χ1v) is 5.74. The maximum Gasteiger partial charge on any atom is 0.201 e. The van der Waals surface area contributed by atoms with Gasteiger partial charge in [0.2, 0.25) is 5.78 Å². The molecule has 0 aliphatic carbocycles. The summed E-state index contributed by atoms with van der Waals surface area (Å²) in [5, 5.41) is 0. The third-order valence-electron chi connectivity index (χ3n) is 2.64. The van der Waals surface area contributed by atoms with Crippen molar-refractivity contribution in [2.75, 3.05) is 0 Å². The lowest BCUT2D eigenvalue weighted by atomic mass is 9.93. The zero-order valence-electron chi connectivity index (χ0n) is 9.64. The zero-order chi connectivity index (χ0) is 11.0. The maximum atomic E-state index is 11.5. The molecule has 0 aromatic carbocycles. The summed E-state index contributed by atoms with van der Waals surface area (Å²) in [5.74, 6) is -0.345. The van der Waals surface area contributed by atoms with E-state index in [1.54, 1.807) is 0 Å². The van der Waals surface area contributed by atoms with Gasteiger partial charge in [0.1, 0.15) is 0 Å². The first-order chi connectivity index (χ1) is 6.67. The van der Waals surface area contributed by atoms with E-state index >= 15 is 0 Å². The third-order valence-corrected chi connectivity index (χ3v) is 2.64. The van der Waals surface area contributed by atoms with Gasteiger partial charge >= 0.3 is 0 Å². The van der Waals surface area contributed by atoms with Gasteiger partial charge in [-0.05, 0) is 19.3 Å². The minimum atomic E-state index is -0.160. The Labute approximate surface area is 87.1 Å². The molecule has 0 aromatic heterocycles. The Balaban J connectivity index is 3.91. The summed E-state index contributed by atoms with van der Waals surface area (Å²) in [6.45, 7) is 6.02. The minimum absolute atomic E-state index is 0.0378. The number of rotatable bonds is 8. The van der Waals surface area contributed by atoms with Gasteiger partial charge in [0.25, 0.3) is 0 Å². The van der Waals surface area contributed by atoms with Gasteiger partial charge in [-0.2, -0.15) is 0 Å². The van der Waals surface area contributed by atoms with Gasteiger partial charge in [-0.1, -0.05) is 33.6 Å². The molecule has 0 N–H and O–H groups in total. The summed E-state index contributed by atoms with van der Waals surface area (Å²) < 4.78 is 0. The van der Waals surface area contributed by atoms with Crippen molar-refractivity contribution in [3.05, 3.63) is 0 Å². The lowest BCUT2D eigenvalue weighted by Gasteiger charge is -2.09. The van der Waals surface area contributed by atoms with Crippen LogP contribution in [0.5, 0.6) is 0 Å².